The summed E-state index contributed by atoms with van der Waals surface area (Å²) in [4.78, 5) is 22.2. The van der Waals surface area contributed by atoms with E-state index in [1.54, 1.807) is 91.0 Å². The van der Waals surface area contributed by atoms with Crippen LogP contribution in [-0.4, -0.2) is 38.3 Å². The van der Waals surface area contributed by atoms with Crippen LogP contribution in [0, 0.1) is 6.92 Å². The Morgan fingerprint density at radius 1 is 0.750 bits per heavy atom. The normalized spacial score (nSPS) is 12.0. The first-order valence-corrected chi connectivity index (χ1v) is 16.2. The molecule has 0 unspecified atom stereocenters. The molecule has 0 amide bonds. The Morgan fingerprint density at radius 2 is 1.34 bits per heavy atom. The average molecular weight is 628 g/mol. The molecule has 1 heterocycles. The van der Waals surface area contributed by atoms with E-state index in [9.17, 15) is 21.6 Å². The zero-order chi connectivity index (χ0) is 31.2. The molecule has 1 aromatic heterocycles. The molecule has 0 spiro atoms. The summed E-state index contributed by atoms with van der Waals surface area (Å²) in [5.74, 6) is -2.12. The zero-order valence-electron chi connectivity index (χ0n) is 23.3. The SMILES string of the molecule is Cc1ccc(S(=O)(=O)Oc2cc(-c3ccccc3)nc(C(=NOS(=O)(=O)Cc3ccccc3)C(=O)c3ccccc3)n2)cc1. The molecule has 5 rings (SSSR count). The van der Waals surface area contributed by atoms with Gasteiger partial charge in [-0.3, -0.25) is 9.08 Å². The number of carbonyl (C=O) groups is 1. The van der Waals surface area contributed by atoms with Gasteiger partial charge in [-0.2, -0.15) is 21.8 Å². The van der Waals surface area contributed by atoms with Crippen LogP contribution in [0.1, 0.15) is 27.3 Å². The van der Waals surface area contributed by atoms with Crippen LogP contribution in [0.5, 0.6) is 5.88 Å². The molecule has 10 nitrogen and oxygen atoms in total. The molecule has 5 aromatic rings. The van der Waals surface area contributed by atoms with Gasteiger partial charge in [-0.15, -0.1) is 0 Å². The largest absolute Gasteiger partial charge is 0.358 e. The van der Waals surface area contributed by atoms with Crippen LogP contribution in [-0.2, 0) is 30.3 Å². The summed E-state index contributed by atoms with van der Waals surface area (Å²) in [6.07, 6.45) is 0. The van der Waals surface area contributed by atoms with Crippen molar-refractivity contribution in [1.29, 1.82) is 0 Å². The summed E-state index contributed by atoms with van der Waals surface area (Å²) in [6.45, 7) is 1.81. The van der Waals surface area contributed by atoms with Crippen LogP contribution in [0.3, 0.4) is 0 Å². The molecular formula is C32H25N3O7S2. The first kappa shape index (κ1) is 30.3. The van der Waals surface area contributed by atoms with Gasteiger partial charge < -0.3 is 4.18 Å². The highest BCUT2D eigenvalue weighted by Crippen LogP contribution is 2.25. The van der Waals surface area contributed by atoms with Crippen molar-refractivity contribution >= 4 is 31.7 Å². The van der Waals surface area contributed by atoms with Crippen molar-refractivity contribution in [1.82, 2.24) is 9.97 Å². The van der Waals surface area contributed by atoms with Gasteiger partial charge in [0.2, 0.25) is 11.7 Å². The number of hydrogen-bond donors (Lipinski definition) is 0. The quantitative estimate of drug-likeness (QED) is 0.0819. The third-order valence-corrected chi connectivity index (χ3v) is 8.40. The fourth-order valence-corrected chi connectivity index (χ4v) is 5.72. The van der Waals surface area contributed by atoms with Crippen LogP contribution in [0.4, 0.5) is 0 Å². The van der Waals surface area contributed by atoms with Gasteiger partial charge in [-0.1, -0.05) is 114 Å². The van der Waals surface area contributed by atoms with Crippen LogP contribution in [0.25, 0.3) is 11.3 Å². The van der Waals surface area contributed by atoms with Gasteiger partial charge in [0.15, 0.2) is 11.5 Å². The Morgan fingerprint density at radius 3 is 1.98 bits per heavy atom. The summed E-state index contributed by atoms with van der Waals surface area (Å²) in [5.41, 5.74) is 1.57. The van der Waals surface area contributed by atoms with Crippen molar-refractivity contribution in [3.05, 3.63) is 144 Å². The highest BCUT2D eigenvalue weighted by atomic mass is 32.2. The van der Waals surface area contributed by atoms with E-state index in [0.717, 1.165) is 5.56 Å². The highest BCUT2D eigenvalue weighted by molar-refractivity contribution is 7.87. The third-order valence-electron chi connectivity index (χ3n) is 6.17. The van der Waals surface area contributed by atoms with Crippen LogP contribution in [0.2, 0.25) is 0 Å². The Balaban J connectivity index is 1.61. The van der Waals surface area contributed by atoms with E-state index in [1.165, 1.54) is 30.3 Å². The monoisotopic (exact) mass is 627 g/mol. The average Bonchev–Trinajstić information content (AvgIpc) is 3.02. The number of carbonyl (C=O) groups excluding carboxylic acids is 1. The van der Waals surface area contributed by atoms with Gasteiger partial charge in [0, 0.05) is 17.2 Å². The van der Waals surface area contributed by atoms with Gasteiger partial charge in [-0.25, -0.2) is 4.98 Å². The molecule has 0 fully saturated rings. The number of ketones is 1. The lowest BCUT2D eigenvalue weighted by atomic mass is 10.1. The van der Waals surface area contributed by atoms with Crippen molar-refractivity contribution in [2.75, 3.05) is 0 Å². The number of nitrogens with zero attached hydrogens (tertiary/aromatic N) is 3. The maximum absolute atomic E-state index is 13.7. The number of rotatable bonds is 11. The van der Waals surface area contributed by atoms with E-state index in [2.05, 4.69) is 15.1 Å². The molecule has 0 bridgehead atoms. The van der Waals surface area contributed by atoms with Crippen LogP contribution in [0.15, 0.2) is 131 Å². The van der Waals surface area contributed by atoms with Gasteiger partial charge in [-0.05, 0) is 24.6 Å². The first-order valence-electron chi connectivity index (χ1n) is 13.2. The lowest BCUT2D eigenvalue weighted by Gasteiger charge is -2.11. The van der Waals surface area contributed by atoms with E-state index in [0.29, 0.717) is 11.1 Å². The fraction of sp³-hybridized carbons (Fsp3) is 0.0625. The smallest absolute Gasteiger partial charge is 0.340 e. The van der Waals surface area contributed by atoms with E-state index in [4.69, 9.17) is 8.47 Å². The van der Waals surface area contributed by atoms with Gasteiger partial charge in [0.1, 0.15) is 10.6 Å². The molecule has 0 aliphatic carbocycles. The summed E-state index contributed by atoms with van der Waals surface area (Å²) in [6, 6.07) is 32.2. The standard InChI is InChI=1S/C32H25N3O7S2/c1-23-17-19-27(20-18-23)44(39,40)41-29-21-28(25-13-7-3-8-14-25)33-32(34-29)30(31(36)26-15-9-4-10-16-26)35-42-43(37,38)22-24-11-5-2-6-12-24/h2-21H,22H2,1H3. The number of hydrogen-bond acceptors (Lipinski definition) is 10. The minimum absolute atomic E-state index is 0.117. The second-order valence-corrected chi connectivity index (χ2v) is 12.6. The second kappa shape index (κ2) is 13.0. The molecule has 44 heavy (non-hydrogen) atoms. The number of oxime groups is 1. The van der Waals surface area contributed by atoms with Crippen molar-refractivity contribution in [3.8, 4) is 17.1 Å². The van der Waals surface area contributed by atoms with Crippen LogP contribution >= 0.6 is 0 Å². The lowest BCUT2D eigenvalue weighted by Crippen LogP contribution is -2.22. The molecule has 0 saturated carbocycles. The Bertz CT molecular complexity index is 2020. The Labute approximate surface area is 254 Å². The van der Waals surface area contributed by atoms with E-state index in [1.807, 2.05) is 6.92 Å². The van der Waals surface area contributed by atoms with Gasteiger partial charge >= 0.3 is 20.2 Å². The molecule has 0 aliphatic heterocycles. The van der Waals surface area contributed by atoms with E-state index < -0.39 is 49.2 Å². The van der Waals surface area contributed by atoms with Crippen LogP contribution < -0.4 is 4.18 Å². The minimum atomic E-state index is -4.36. The number of benzene rings is 4. The lowest BCUT2D eigenvalue weighted by molar-refractivity contribution is 0.106. The number of aryl methyl sites for hydroxylation is 1. The van der Waals surface area contributed by atoms with Crippen molar-refractivity contribution in [2.24, 2.45) is 5.16 Å². The molecule has 0 aliphatic rings. The number of Topliss-reactive ketones (excluding diaryl/α,β-unsaturated/α-hetero) is 1. The molecule has 0 N–H and O–H groups in total. The summed E-state index contributed by atoms with van der Waals surface area (Å²) >= 11 is 0. The summed E-state index contributed by atoms with van der Waals surface area (Å²) in [7, 11) is -8.67. The Kier molecular flexibility index (Phi) is 8.93. The molecule has 0 radical (unpaired) electrons. The van der Waals surface area contributed by atoms with Gasteiger partial charge in [0.25, 0.3) is 0 Å². The molecule has 222 valence electrons. The van der Waals surface area contributed by atoms with Gasteiger partial charge in [0.05, 0.1) is 5.69 Å². The van der Waals surface area contributed by atoms with Crippen molar-refractivity contribution < 1.29 is 30.1 Å². The van der Waals surface area contributed by atoms with Crippen molar-refractivity contribution in [2.45, 2.75) is 17.6 Å². The third kappa shape index (κ3) is 7.60. The molecule has 0 saturated heterocycles. The molecule has 4 aromatic carbocycles. The molecular weight excluding hydrogens is 602 g/mol. The highest BCUT2D eigenvalue weighted by Gasteiger charge is 2.26. The predicted molar refractivity (Wildman–Crippen MR) is 164 cm³/mol. The summed E-state index contributed by atoms with van der Waals surface area (Å²) < 4.78 is 62.3. The van der Waals surface area contributed by atoms with E-state index >= 15 is 0 Å². The fourth-order valence-electron chi connectivity index (χ4n) is 4.00. The second-order valence-electron chi connectivity index (χ2n) is 9.53. The molecule has 0 atom stereocenters. The minimum Gasteiger partial charge on any atom is -0.358 e. The van der Waals surface area contributed by atoms with Crippen molar-refractivity contribution in [3.63, 3.8) is 0 Å². The topological polar surface area (TPSA) is 142 Å². The summed E-state index contributed by atoms with van der Waals surface area (Å²) in [5, 5.41) is 3.73. The molecule has 12 heteroatoms. The predicted octanol–water partition coefficient (Wildman–Crippen LogP) is 5.35. The number of aromatic nitrogens is 2. The maximum Gasteiger partial charge on any atom is 0.340 e. The first-order chi connectivity index (χ1) is 21.1. The van der Waals surface area contributed by atoms with E-state index in [-0.39, 0.29) is 16.2 Å². The Hall–Kier alpha value is -5.20. The zero-order valence-corrected chi connectivity index (χ0v) is 24.9. The maximum atomic E-state index is 13.7.